The molecule has 6 nitrogen and oxygen atoms in total. The molecule has 0 spiro atoms. The molecule has 1 amide bonds. The Morgan fingerprint density at radius 2 is 2.08 bits per heavy atom. The van der Waals surface area contributed by atoms with Crippen LogP contribution in [0.15, 0.2) is 24.8 Å². The van der Waals surface area contributed by atoms with E-state index in [0.717, 1.165) is 11.1 Å². The van der Waals surface area contributed by atoms with Crippen LogP contribution in [0.4, 0.5) is 0 Å². The predicted octanol–water partition coefficient (Wildman–Crippen LogP) is 1.80. The van der Waals surface area contributed by atoms with E-state index in [-0.39, 0.29) is 5.91 Å². The highest BCUT2D eigenvalue weighted by Gasteiger charge is 2.38. The molecule has 1 aliphatic heterocycles. The van der Waals surface area contributed by atoms with Gasteiger partial charge in [0.25, 0.3) is 0 Å². The number of nitrogens with one attached hydrogen (secondary N) is 1. The van der Waals surface area contributed by atoms with Crippen molar-refractivity contribution in [3.05, 3.63) is 35.9 Å². The van der Waals surface area contributed by atoms with Crippen LogP contribution in [0.3, 0.4) is 0 Å². The van der Waals surface area contributed by atoms with Gasteiger partial charge in [-0.05, 0) is 37.0 Å². The number of carbonyl (C=O) groups is 1. The van der Waals surface area contributed by atoms with E-state index in [0.29, 0.717) is 57.1 Å². The predicted molar refractivity (Wildman–Crippen MR) is 96.8 cm³/mol. The lowest BCUT2D eigenvalue weighted by Crippen LogP contribution is -2.48. The Kier molecular flexibility index (Phi) is 6.84. The van der Waals surface area contributed by atoms with Gasteiger partial charge in [0.2, 0.25) is 5.91 Å². The molecule has 1 aromatic carbocycles. The topological polar surface area (TPSA) is 82.8 Å². The minimum atomic E-state index is -0.529. The first-order chi connectivity index (χ1) is 12.1. The van der Waals surface area contributed by atoms with E-state index in [4.69, 9.17) is 19.9 Å². The van der Waals surface area contributed by atoms with Gasteiger partial charge in [-0.2, -0.15) is 0 Å². The minimum Gasteiger partial charge on any atom is -0.493 e. The average molecular weight is 348 g/mol. The summed E-state index contributed by atoms with van der Waals surface area (Å²) in [7, 11) is 3.21. The number of nitrogens with two attached hydrogens (primary N) is 1. The molecule has 0 aromatic heterocycles. The summed E-state index contributed by atoms with van der Waals surface area (Å²) >= 11 is 0. The van der Waals surface area contributed by atoms with Gasteiger partial charge in [0.15, 0.2) is 11.5 Å². The first-order valence-electron chi connectivity index (χ1n) is 8.51. The quantitative estimate of drug-likeness (QED) is 0.700. The summed E-state index contributed by atoms with van der Waals surface area (Å²) in [5.41, 5.74) is 7.28. The third kappa shape index (κ3) is 4.32. The van der Waals surface area contributed by atoms with Crippen LogP contribution in [0.25, 0.3) is 0 Å². The molecule has 138 valence electrons. The molecule has 0 saturated carbocycles. The fourth-order valence-electron chi connectivity index (χ4n) is 3.17. The number of amides is 1. The molecule has 1 heterocycles. The van der Waals surface area contributed by atoms with Gasteiger partial charge in [-0.25, -0.2) is 0 Å². The maximum absolute atomic E-state index is 12.7. The van der Waals surface area contributed by atoms with E-state index in [9.17, 15) is 4.79 Å². The number of hydrogen-bond donors (Lipinski definition) is 2. The summed E-state index contributed by atoms with van der Waals surface area (Å²) in [6, 6.07) is 3.88. The zero-order valence-electron chi connectivity index (χ0n) is 15.1. The van der Waals surface area contributed by atoms with Crippen molar-refractivity contribution < 1.29 is 19.0 Å². The molecule has 1 fully saturated rings. The van der Waals surface area contributed by atoms with Crippen molar-refractivity contribution in [1.29, 1.82) is 0 Å². The molecule has 6 heteroatoms. The van der Waals surface area contributed by atoms with Crippen LogP contribution in [0.2, 0.25) is 0 Å². The van der Waals surface area contributed by atoms with Crippen molar-refractivity contribution in [2.75, 3.05) is 34.0 Å². The van der Waals surface area contributed by atoms with E-state index >= 15 is 0 Å². The number of benzene rings is 1. The molecule has 2 rings (SSSR count). The zero-order valence-corrected chi connectivity index (χ0v) is 15.1. The minimum absolute atomic E-state index is 0.0154. The fourth-order valence-corrected chi connectivity index (χ4v) is 3.17. The van der Waals surface area contributed by atoms with Crippen LogP contribution >= 0.6 is 0 Å². The van der Waals surface area contributed by atoms with Crippen molar-refractivity contribution in [2.45, 2.75) is 25.8 Å². The number of hydrogen-bond acceptors (Lipinski definition) is 5. The van der Waals surface area contributed by atoms with Crippen LogP contribution < -0.4 is 20.5 Å². The highest BCUT2D eigenvalue weighted by atomic mass is 16.5. The first kappa shape index (κ1) is 19.3. The Labute approximate surface area is 149 Å². The second kappa shape index (κ2) is 8.87. The molecule has 0 aliphatic carbocycles. The molecular formula is C19H28N2O4. The second-order valence-electron chi connectivity index (χ2n) is 6.26. The van der Waals surface area contributed by atoms with E-state index in [1.54, 1.807) is 14.2 Å². The van der Waals surface area contributed by atoms with Crippen molar-refractivity contribution >= 4 is 5.91 Å². The Hall–Kier alpha value is -2.05. The number of rotatable bonds is 8. The van der Waals surface area contributed by atoms with E-state index in [1.807, 2.05) is 18.2 Å². The number of methoxy groups -OCH3 is 2. The van der Waals surface area contributed by atoms with Crippen LogP contribution in [-0.4, -0.2) is 39.9 Å². The number of ether oxygens (including phenoxy) is 3. The van der Waals surface area contributed by atoms with Gasteiger partial charge >= 0.3 is 0 Å². The molecule has 0 unspecified atom stereocenters. The van der Waals surface area contributed by atoms with Crippen LogP contribution in [0, 0.1) is 5.41 Å². The first-order valence-corrected chi connectivity index (χ1v) is 8.51. The molecule has 25 heavy (non-hydrogen) atoms. The zero-order chi connectivity index (χ0) is 18.3. The molecule has 3 N–H and O–H groups in total. The van der Waals surface area contributed by atoms with Gasteiger partial charge < -0.3 is 25.3 Å². The monoisotopic (exact) mass is 348 g/mol. The van der Waals surface area contributed by atoms with Crippen LogP contribution in [0.1, 0.15) is 24.0 Å². The highest BCUT2D eigenvalue weighted by molar-refractivity contribution is 5.83. The third-order valence-electron chi connectivity index (χ3n) is 4.76. The summed E-state index contributed by atoms with van der Waals surface area (Å²) in [6.07, 6.45) is 3.78. The van der Waals surface area contributed by atoms with Crippen LogP contribution in [0.5, 0.6) is 11.5 Å². The fraction of sp³-hybridized carbons (Fsp3) is 0.526. The SMILES string of the molecule is C=CCc1cc(CNC(=O)C2(CN)CCOCC2)cc(OC)c1OC. The molecule has 0 radical (unpaired) electrons. The maximum Gasteiger partial charge on any atom is 0.227 e. The van der Waals surface area contributed by atoms with Crippen molar-refractivity contribution in [3.8, 4) is 11.5 Å². The van der Waals surface area contributed by atoms with E-state index in [2.05, 4.69) is 11.9 Å². The van der Waals surface area contributed by atoms with Gasteiger partial charge in [0, 0.05) is 31.9 Å². The average Bonchev–Trinajstić information content (AvgIpc) is 2.66. The molecule has 0 bridgehead atoms. The second-order valence-corrected chi connectivity index (χ2v) is 6.26. The van der Waals surface area contributed by atoms with Gasteiger partial charge in [0.1, 0.15) is 0 Å². The van der Waals surface area contributed by atoms with Crippen molar-refractivity contribution in [3.63, 3.8) is 0 Å². The lowest BCUT2D eigenvalue weighted by atomic mass is 9.79. The molecule has 1 aromatic rings. The highest BCUT2D eigenvalue weighted by Crippen LogP contribution is 2.34. The molecule has 1 saturated heterocycles. The standard InChI is InChI=1S/C19H28N2O4/c1-4-5-15-10-14(11-16(23-2)17(15)24-3)12-21-18(22)19(13-20)6-8-25-9-7-19/h4,10-11H,1,5-9,12-13,20H2,2-3H3,(H,21,22). The maximum atomic E-state index is 12.7. The van der Waals surface area contributed by atoms with Crippen molar-refractivity contribution in [1.82, 2.24) is 5.32 Å². The largest absolute Gasteiger partial charge is 0.493 e. The number of allylic oxidation sites excluding steroid dienone is 1. The van der Waals surface area contributed by atoms with Gasteiger partial charge in [-0.3, -0.25) is 4.79 Å². The molecular weight excluding hydrogens is 320 g/mol. The van der Waals surface area contributed by atoms with Crippen LogP contribution in [-0.2, 0) is 22.5 Å². The van der Waals surface area contributed by atoms with Gasteiger partial charge in [0.05, 0.1) is 19.6 Å². The lowest BCUT2D eigenvalue weighted by Gasteiger charge is -2.34. The lowest BCUT2D eigenvalue weighted by molar-refractivity contribution is -0.136. The summed E-state index contributed by atoms with van der Waals surface area (Å²) < 4.78 is 16.2. The summed E-state index contributed by atoms with van der Waals surface area (Å²) in [4.78, 5) is 12.7. The van der Waals surface area contributed by atoms with Crippen molar-refractivity contribution in [2.24, 2.45) is 11.1 Å². The molecule has 1 aliphatic rings. The van der Waals surface area contributed by atoms with Gasteiger partial charge in [-0.1, -0.05) is 6.08 Å². The Morgan fingerprint density at radius 1 is 1.36 bits per heavy atom. The van der Waals surface area contributed by atoms with Gasteiger partial charge in [-0.15, -0.1) is 6.58 Å². The number of carbonyl (C=O) groups excluding carboxylic acids is 1. The Bertz CT molecular complexity index is 610. The Balaban J connectivity index is 2.15. The smallest absolute Gasteiger partial charge is 0.227 e. The molecule has 0 atom stereocenters. The summed E-state index contributed by atoms with van der Waals surface area (Å²) in [5, 5.41) is 3.02. The third-order valence-corrected chi connectivity index (χ3v) is 4.76. The summed E-state index contributed by atoms with van der Waals surface area (Å²) in [6.45, 7) is 5.67. The van der Waals surface area contributed by atoms with E-state index < -0.39 is 5.41 Å². The summed E-state index contributed by atoms with van der Waals surface area (Å²) in [5.74, 6) is 1.32. The van der Waals surface area contributed by atoms with E-state index in [1.165, 1.54) is 0 Å². The Morgan fingerprint density at radius 3 is 2.64 bits per heavy atom. The normalized spacial score (nSPS) is 16.1.